The number of halogens is 2. The van der Waals surface area contributed by atoms with Crippen LogP contribution < -0.4 is 5.32 Å². The summed E-state index contributed by atoms with van der Waals surface area (Å²) in [6.07, 6.45) is -0.330. The van der Waals surface area contributed by atoms with E-state index in [0.29, 0.717) is 13.1 Å². The summed E-state index contributed by atoms with van der Waals surface area (Å²) in [5.41, 5.74) is 2.11. The normalized spacial score (nSPS) is 18.8. The van der Waals surface area contributed by atoms with Crippen LogP contribution in [0.15, 0.2) is 24.3 Å². The zero-order valence-electron chi connectivity index (χ0n) is 9.17. The van der Waals surface area contributed by atoms with Gasteiger partial charge in [0.05, 0.1) is 30.2 Å². The molecule has 0 radical (unpaired) electrons. The summed E-state index contributed by atoms with van der Waals surface area (Å²) in [6, 6.07) is 8.04. The molecule has 0 fully saturated rings. The van der Waals surface area contributed by atoms with Gasteiger partial charge in [-0.3, -0.25) is 0 Å². The molecule has 1 aromatic heterocycles. The first-order valence-corrected chi connectivity index (χ1v) is 5.17. The van der Waals surface area contributed by atoms with Crippen LogP contribution >= 0.6 is 24.8 Å². The number of nitrogens with one attached hydrogen (secondary N) is 1. The summed E-state index contributed by atoms with van der Waals surface area (Å²) in [6.45, 7) is 1.99. The lowest BCUT2D eigenvalue weighted by molar-refractivity contribution is 0.159. The predicted octanol–water partition coefficient (Wildman–Crippen LogP) is 1.34. The van der Waals surface area contributed by atoms with Gasteiger partial charge in [-0.05, 0) is 12.1 Å². The standard InChI is InChI=1S/C11H13N3O.2ClH/c15-8-5-12-6-11-13-9-3-1-2-4-10(9)14(11)7-8;;/h1-4,8,12,15H,5-7H2;2*1H. The Morgan fingerprint density at radius 1 is 1.29 bits per heavy atom. The average molecular weight is 276 g/mol. The summed E-state index contributed by atoms with van der Waals surface area (Å²) < 4.78 is 2.10. The second-order valence-electron chi connectivity index (χ2n) is 3.91. The Labute approximate surface area is 112 Å². The van der Waals surface area contributed by atoms with E-state index in [9.17, 15) is 5.11 Å². The maximum Gasteiger partial charge on any atom is 0.123 e. The topological polar surface area (TPSA) is 50.1 Å². The predicted molar refractivity (Wildman–Crippen MR) is 71.9 cm³/mol. The molecule has 1 aliphatic rings. The second kappa shape index (κ2) is 5.69. The van der Waals surface area contributed by atoms with Crippen molar-refractivity contribution in [2.24, 2.45) is 0 Å². The largest absolute Gasteiger partial charge is 0.390 e. The molecule has 0 spiro atoms. The molecule has 2 N–H and O–H groups in total. The van der Waals surface area contributed by atoms with Gasteiger partial charge in [0, 0.05) is 6.54 Å². The van der Waals surface area contributed by atoms with Gasteiger partial charge in [-0.25, -0.2) is 4.98 Å². The van der Waals surface area contributed by atoms with Crippen LogP contribution in [0.25, 0.3) is 11.0 Å². The number of rotatable bonds is 0. The highest BCUT2D eigenvalue weighted by molar-refractivity contribution is 5.85. The number of imidazole rings is 1. The van der Waals surface area contributed by atoms with Gasteiger partial charge in [-0.2, -0.15) is 0 Å². The highest BCUT2D eigenvalue weighted by atomic mass is 35.5. The molecule has 1 aliphatic heterocycles. The number of nitrogens with zero attached hydrogens (tertiary/aromatic N) is 2. The van der Waals surface area contributed by atoms with E-state index in [1.54, 1.807) is 0 Å². The van der Waals surface area contributed by atoms with Crippen molar-refractivity contribution in [3.63, 3.8) is 0 Å². The van der Waals surface area contributed by atoms with Crippen molar-refractivity contribution in [3.05, 3.63) is 30.1 Å². The Morgan fingerprint density at radius 2 is 2.06 bits per heavy atom. The summed E-state index contributed by atoms with van der Waals surface area (Å²) >= 11 is 0. The smallest absolute Gasteiger partial charge is 0.123 e. The molecule has 3 rings (SSSR count). The molecule has 2 aromatic rings. The number of β-amino-alcohol motifs (C(OH)–C–C–N with tert-alkyl or cyclic N) is 1. The van der Waals surface area contributed by atoms with Crippen molar-refractivity contribution in [2.45, 2.75) is 19.2 Å². The van der Waals surface area contributed by atoms with E-state index >= 15 is 0 Å². The van der Waals surface area contributed by atoms with E-state index in [1.807, 2.05) is 24.3 Å². The average Bonchev–Trinajstić information content (AvgIpc) is 2.47. The molecule has 0 saturated heterocycles. The first kappa shape index (κ1) is 14.3. The molecular weight excluding hydrogens is 261 g/mol. The molecule has 17 heavy (non-hydrogen) atoms. The van der Waals surface area contributed by atoms with Gasteiger partial charge in [0.15, 0.2) is 0 Å². The van der Waals surface area contributed by atoms with Crippen LogP contribution in [0.3, 0.4) is 0 Å². The Kier molecular flexibility index (Phi) is 4.77. The quantitative estimate of drug-likeness (QED) is 0.763. The molecule has 0 bridgehead atoms. The molecule has 94 valence electrons. The summed E-state index contributed by atoms with van der Waals surface area (Å²) in [7, 11) is 0. The van der Waals surface area contributed by atoms with Gasteiger partial charge < -0.3 is 15.0 Å². The van der Waals surface area contributed by atoms with E-state index in [2.05, 4.69) is 14.9 Å². The molecule has 0 amide bonds. The number of aromatic nitrogens is 2. The lowest BCUT2D eigenvalue weighted by atomic mass is 10.3. The van der Waals surface area contributed by atoms with Crippen molar-refractivity contribution in [2.75, 3.05) is 6.54 Å². The van der Waals surface area contributed by atoms with E-state index in [0.717, 1.165) is 23.4 Å². The van der Waals surface area contributed by atoms with Crippen LogP contribution in [0.2, 0.25) is 0 Å². The van der Waals surface area contributed by atoms with E-state index in [4.69, 9.17) is 0 Å². The Bertz CT molecular complexity index is 500. The van der Waals surface area contributed by atoms with Crippen LogP contribution in [-0.4, -0.2) is 27.3 Å². The fraction of sp³-hybridized carbons (Fsp3) is 0.364. The number of fused-ring (bicyclic) bond motifs is 3. The molecule has 2 heterocycles. The fourth-order valence-corrected chi connectivity index (χ4v) is 2.09. The lowest BCUT2D eigenvalue weighted by Gasteiger charge is -2.08. The molecule has 0 aliphatic carbocycles. The minimum atomic E-state index is -0.330. The summed E-state index contributed by atoms with van der Waals surface area (Å²) in [4.78, 5) is 4.54. The monoisotopic (exact) mass is 275 g/mol. The van der Waals surface area contributed by atoms with Gasteiger partial charge in [0.25, 0.3) is 0 Å². The zero-order chi connectivity index (χ0) is 10.3. The molecular formula is C11H15Cl2N3O. The molecule has 6 heteroatoms. The molecule has 1 unspecified atom stereocenters. The number of hydrogen-bond acceptors (Lipinski definition) is 3. The third-order valence-corrected chi connectivity index (χ3v) is 2.79. The van der Waals surface area contributed by atoms with Crippen molar-refractivity contribution in [1.29, 1.82) is 0 Å². The summed E-state index contributed by atoms with van der Waals surface area (Å²) in [5, 5.41) is 12.9. The Hall–Kier alpha value is -0.810. The number of hydrogen-bond donors (Lipinski definition) is 2. The third-order valence-electron chi connectivity index (χ3n) is 2.79. The highest BCUT2D eigenvalue weighted by Gasteiger charge is 2.16. The van der Waals surface area contributed by atoms with Crippen molar-refractivity contribution < 1.29 is 5.11 Å². The fourth-order valence-electron chi connectivity index (χ4n) is 2.09. The minimum absolute atomic E-state index is 0. The van der Waals surface area contributed by atoms with Crippen molar-refractivity contribution in [1.82, 2.24) is 14.9 Å². The summed E-state index contributed by atoms with van der Waals surface area (Å²) in [5.74, 6) is 1.01. The van der Waals surface area contributed by atoms with Gasteiger partial charge in [0.2, 0.25) is 0 Å². The van der Waals surface area contributed by atoms with E-state index in [1.165, 1.54) is 0 Å². The van der Waals surface area contributed by atoms with E-state index < -0.39 is 0 Å². The second-order valence-corrected chi connectivity index (χ2v) is 3.91. The van der Waals surface area contributed by atoms with Gasteiger partial charge in [0.1, 0.15) is 5.82 Å². The first-order valence-electron chi connectivity index (χ1n) is 5.17. The zero-order valence-corrected chi connectivity index (χ0v) is 10.8. The number of aliphatic hydroxyl groups is 1. The van der Waals surface area contributed by atoms with Crippen molar-refractivity contribution in [3.8, 4) is 0 Å². The minimum Gasteiger partial charge on any atom is -0.390 e. The van der Waals surface area contributed by atoms with Gasteiger partial charge in [-0.15, -0.1) is 24.8 Å². The molecule has 0 saturated carbocycles. The van der Waals surface area contributed by atoms with Crippen LogP contribution in [0.4, 0.5) is 0 Å². The van der Waals surface area contributed by atoms with Gasteiger partial charge in [-0.1, -0.05) is 12.1 Å². The van der Waals surface area contributed by atoms with Crippen LogP contribution in [0.5, 0.6) is 0 Å². The van der Waals surface area contributed by atoms with Crippen LogP contribution in [-0.2, 0) is 13.1 Å². The van der Waals surface area contributed by atoms with Gasteiger partial charge >= 0.3 is 0 Å². The highest BCUT2D eigenvalue weighted by Crippen LogP contribution is 2.17. The SMILES string of the molecule is Cl.Cl.OC1CNCc2nc3ccccc3n2C1. The molecule has 1 aromatic carbocycles. The molecule has 4 nitrogen and oxygen atoms in total. The Morgan fingerprint density at radius 3 is 2.88 bits per heavy atom. The number of aliphatic hydroxyl groups excluding tert-OH is 1. The maximum absolute atomic E-state index is 9.70. The Balaban J connectivity index is 0.000000722. The van der Waals surface area contributed by atoms with E-state index in [-0.39, 0.29) is 30.9 Å². The maximum atomic E-state index is 9.70. The number of benzene rings is 1. The third kappa shape index (κ3) is 2.55. The first-order chi connectivity index (χ1) is 7.34. The van der Waals surface area contributed by atoms with Crippen LogP contribution in [0, 0.1) is 0 Å². The molecule has 1 atom stereocenters. The van der Waals surface area contributed by atoms with Crippen LogP contribution in [0.1, 0.15) is 5.82 Å². The number of para-hydroxylation sites is 2. The lowest BCUT2D eigenvalue weighted by Crippen LogP contribution is -2.25. The van der Waals surface area contributed by atoms with Crippen molar-refractivity contribution >= 4 is 35.8 Å².